The van der Waals surface area contributed by atoms with E-state index in [4.69, 9.17) is 14.7 Å². The lowest BCUT2D eigenvalue weighted by molar-refractivity contribution is -0.117. The predicted octanol–water partition coefficient (Wildman–Crippen LogP) is 2.07. The van der Waals surface area contributed by atoms with Gasteiger partial charge in [-0.05, 0) is 30.2 Å². The summed E-state index contributed by atoms with van der Waals surface area (Å²) in [7, 11) is 1.61. The van der Waals surface area contributed by atoms with Gasteiger partial charge in [-0.25, -0.2) is 0 Å². The summed E-state index contributed by atoms with van der Waals surface area (Å²) in [6, 6.07) is 9.57. The third kappa shape index (κ3) is 4.21. The van der Waals surface area contributed by atoms with E-state index in [-0.39, 0.29) is 11.5 Å². The third-order valence-corrected chi connectivity index (χ3v) is 3.16. The summed E-state index contributed by atoms with van der Waals surface area (Å²) < 4.78 is 10.5. The van der Waals surface area contributed by atoms with Crippen molar-refractivity contribution in [3.05, 3.63) is 47.1 Å². The molecule has 22 heavy (non-hydrogen) atoms. The summed E-state index contributed by atoms with van der Waals surface area (Å²) in [5.41, 5.74) is 1.81. The maximum absolute atomic E-state index is 11.9. The number of amides is 1. The minimum absolute atomic E-state index is 0.0756. The van der Waals surface area contributed by atoms with E-state index in [9.17, 15) is 4.79 Å². The summed E-state index contributed by atoms with van der Waals surface area (Å²) in [4.78, 5) is 11.9. The maximum Gasteiger partial charge on any atom is 0.261 e. The molecule has 0 atom stereocenters. The Bertz CT molecular complexity index is 642. The molecule has 0 radical (unpaired) electrons. The molecule has 5 heteroatoms. The number of ether oxygens (including phenoxy) is 2. The van der Waals surface area contributed by atoms with E-state index >= 15 is 0 Å². The van der Waals surface area contributed by atoms with E-state index < -0.39 is 0 Å². The Morgan fingerprint density at radius 3 is 3.09 bits per heavy atom. The van der Waals surface area contributed by atoms with Crippen LogP contribution in [0.4, 0.5) is 0 Å². The fourth-order valence-corrected chi connectivity index (χ4v) is 2.06. The average molecular weight is 298 g/mol. The largest absolute Gasteiger partial charge is 0.488 e. The number of carbonyl (C=O) groups is 1. The summed E-state index contributed by atoms with van der Waals surface area (Å²) in [6.45, 7) is 1.39. The summed E-state index contributed by atoms with van der Waals surface area (Å²) in [5, 5.41) is 11.9. The first-order valence-corrected chi connectivity index (χ1v) is 7.06. The molecule has 0 aliphatic carbocycles. The van der Waals surface area contributed by atoms with Gasteiger partial charge in [0.05, 0.1) is 0 Å². The lowest BCUT2D eigenvalue weighted by Crippen LogP contribution is -2.26. The molecule has 0 fully saturated rings. The van der Waals surface area contributed by atoms with Crippen molar-refractivity contribution in [3.63, 3.8) is 0 Å². The van der Waals surface area contributed by atoms with Gasteiger partial charge in [0, 0.05) is 25.8 Å². The van der Waals surface area contributed by atoms with Crippen LogP contribution < -0.4 is 10.1 Å². The molecule has 0 saturated heterocycles. The van der Waals surface area contributed by atoms with Crippen LogP contribution in [0.2, 0.25) is 0 Å². The van der Waals surface area contributed by atoms with Gasteiger partial charge in [-0.1, -0.05) is 18.2 Å². The van der Waals surface area contributed by atoms with Crippen LogP contribution >= 0.6 is 0 Å². The van der Waals surface area contributed by atoms with Crippen molar-refractivity contribution in [2.24, 2.45) is 0 Å². The topological polar surface area (TPSA) is 71.3 Å². The first kappa shape index (κ1) is 15.8. The number of rotatable bonds is 6. The number of carbonyl (C=O) groups excluding carboxylic acids is 1. The molecule has 1 aliphatic heterocycles. The van der Waals surface area contributed by atoms with Crippen LogP contribution in [-0.2, 0) is 9.53 Å². The van der Waals surface area contributed by atoms with Crippen molar-refractivity contribution in [3.8, 4) is 11.8 Å². The molecule has 5 nitrogen and oxygen atoms in total. The van der Waals surface area contributed by atoms with E-state index in [1.165, 1.54) is 0 Å². The van der Waals surface area contributed by atoms with Crippen LogP contribution in [0.1, 0.15) is 12.0 Å². The van der Waals surface area contributed by atoms with Gasteiger partial charge in [0.1, 0.15) is 24.0 Å². The molecule has 1 amide bonds. The first-order valence-electron chi connectivity index (χ1n) is 7.06. The van der Waals surface area contributed by atoms with Crippen LogP contribution in [0.15, 0.2) is 41.5 Å². The molecule has 0 aromatic heterocycles. The van der Waals surface area contributed by atoms with Crippen molar-refractivity contribution in [1.29, 1.82) is 5.26 Å². The van der Waals surface area contributed by atoms with E-state index in [1.807, 2.05) is 36.4 Å². The highest BCUT2D eigenvalue weighted by Gasteiger charge is 2.13. The first-order chi connectivity index (χ1) is 10.7. The van der Waals surface area contributed by atoms with Crippen LogP contribution in [0.5, 0.6) is 5.75 Å². The second kappa shape index (κ2) is 8.01. The van der Waals surface area contributed by atoms with E-state index in [1.54, 1.807) is 13.2 Å². The molecule has 0 spiro atoms. The van der Waals surface area contributed by atoms with Crippen LogP contribution in [0, 0.1) is 11.3 Å². The Morgan fingerprint density at radius 2 is 2.32 bits per heavy atom. The fraction of sp³-hybridized carbons (Fsp3) is 0.294. The molecule has 0 bridgehead atoms. The van der Waals surface area contributed by atoms with Gasteiger partial charge in [-0.2, -0.15) is 5.26 Å². The van der Waals surface area contributed by atoms with Crippen molar-refractivity contribution in [1.82, 2.24) is 5.32 Å². The Balaban J connectivity index is 2.05. The van der Waals surface area contributed by atoms with Gasteiger partial charge in [-0.3, -0.25) is 4.79 Å². The SMILES string of the molecule is COCCCNC(=O)/C(C#N)=C\C1=Cc2ccccc2OC1. The number of fused-ring (bicyclic) bond motifs is 1. The van der Waals surface area contributed by atoms with Crippen molar-refractivity contribution in [2.75, 3.05) is 26.9 Å². The maximum atomic E-state index is 11.9. The molecule has 1 aliphatic rings. The van der Waals surface area contributed by atoms with Gasteiger partial charge in [0.25, 0.3) is 5.91 Å². The van der Waals surface area contributed by atoms with E-state index in [0.717, 1.165) is 16.9 Å². The minimum Gasteiger partial charge on any atom is -0.488 e. The minimum atomic E-state index is -0.377. The Hall–Kier alpha value is -2.58. The second-order valence-electron chi connectivity index (χ2n) is 4.82. The zero-order valence-corrected chi connectivity index (χ0v) is 12.5. The van der Waals surface area contributed by atoms with Gasteiger partial charge in [0.2, 0.25) is 0 Å². The normalized spacial score (nSPS) is 13.5. The number of nitrogens with one attached hydrogen (secondary N) is 1. The van der Waals surface area contributed by atoms with E-state index in [0.29, 0.717) is 26.2 Å². The molecule has 1 N–H and O–H groups in total. The predicted molar refractivity (Wildman–Crippen MR) is 83.1 cm³/mol. The number of methoxy groups -OCH3 is 1. The lowest BCUT2D eigenvalue weighted by atomic mass is 10.1. The molecule has 2 rings (SSSR count). The van der Waals surface area contributed by atoms with Crippen molar-refractivity contribution in [2.45, 2.75) is 6.42 Å². The summed E-state index contributed by atoms with van der Waals surface area (Å²) in [6.07, 6.45) is 4.20. The number of hydrogen-bond donors (Lipinski definition) is 1. The standard InChI is InChI=1S/C17H18N2O3/c1-21-8-4-7-19-17(20)15(11-18)10-13-9-14-5-2-3-6-16(14)22-12-13/h2-3,5-6,9-10H,4,7-8,12H2,1H3,(H,19,20)/b15-10-. The van der Waals surface area contributed by atoms with E-state index in [2.05, 4.69) is 5.32 Å². The van der Waals surface area contributed by atoms with Crippen LogP contribution in [-0.4, -0.2) is 32.8 Å². The Morgan fingerprint density at radius 1 is 1.50 bits per heavy atom. The molecule has 1 aromatic carbocycles. The second-order valence-corrected chi connectivity index (χ2v) is 4.82. The Labute approximate surface area is 129 Å². The number of benzene rings is 1. The molecular formula is C17H18N2O3. The molecule has 0 saturated carbocycles. The van der Waals surface area contributed by atoms with Crippen molar-refractivity contribution >= 4 is 12.0 Å². The molecule has 114 valence electrons. The lowest BCUT2D eigenvalue weighted by Gasteiger charge is -2.16. The van der Waals surface area contributed by atoms with Gasteiger partial charge < -0.3 is 14.8 Å². The van der Waals surface area contributed by atoms with Crippen LogP contribution in [0.3, 0.4) is 0 Å². The molecular weight excluding hydrogens is 280 g/mol. The third-order valence-electron chi connectivity index (χ3n) is 3.16. The van der Waals surface area contributed by atoms with Gasteiger partial charge >= 0.3 is 0 Å². The highest BCUT2D eigenvalue weighted by Crippen LogP contribution is 2.26. The highest BCUT2D eigenvalue weighted by molar-refractivity contribution is 5.98. The highest BCUT2D eigenvalue weighted by atomic mass is 16.5. The average Bonchev–Trinajstić information content (AvgIpc) is 2.56. The Kier molecular flexibility index (Phi) is 5.75. The number of para-hydroxylation sites is 1. The number of hydrogen-bond acceptors (Lipinski definition) is 4. The zero-order chi connectivity index (χ0) is 15.8. The van der Waals surface area contributed by atoms with Crippen molar-refractivity contribution < 1.29 is 14.3 Å². The van der Waals surface area contributed by atoms with Crippen LogP contribution in [0.25, 0.3) is 6.08 Å². The quantitative estimate of drug-likeness (QED) is 0.496. The van der Waals surface area contributed by atoms with Gasteiger partial charge in [0.15, 0.2) is 0 Å². The zero-order valence-electron chi connectivity index (χ0n) is 12.5. The monoisotopic (exact) mass is 298 g/mol. The summed E-state index contributed by atoms with van der Waals surface area (Å²) in [5.74, 6) is 0.431. The van der Waals surface area contributed by atoms with Gasteiger partial charge in [-0.15, -0.1) is 0 Å². The number of nitriles is 1. The molecule has 1 heterocycles. The smallest absolute Gasteiger partial charge is 0.261 e. The molecule has 1 aromatic rings. The molecule has 0 unspecified atom stereocenters. The fourth-order valence-electron chi connectivity index (χ4n) is 2.06. The summed E-state index contributed by atoms with van der Waals surface area (Å²) >= 11 is 0. The number of nitrogens with zero attached hydrogens (tertiary/aromatic N) is 1.